The third-order valence-electron chi connectivity index (χ3n) is 3.24. The second-order valence-electron chi connectivity index (χ2n) is 4.32. The summed E-state index contributed by atoms with van der Waals surface area (Å²) in [4.78, 5) is 23.3. The minimum atomic E-state index is -0.991. The average Bonchev–Trinajstić information content (AvgIpc) is 2.59. The Kier molecular flexibility index (Phi) is 2.54. The number of carbonyl (C=O) groups is 2. The Morgan fingerprint density at radius 1 is 1.40 bits per heavy atom. The molecule has 0 atom stereocenters. The number of rotatable bonds is 2. The molecule has 1 saturated heterocycles. The summed E-state index contributed by atoms with van der Waals surface area (Å²) < 4.78 is 5.37. The van der Waals surface area contributed by atoms with Gasteiger partial charge in [-0.15, -0.1) is 0 Å². The zero-order chi connectivity index (χ0) is 10.9. The van der Waals surface area contributed by atoms with E-state index in [1.165, 1.54) is 4.90 Å². The van der Waals surface area contributed by atoms with Gasteiger partial charge in [-0.05, 0) is 25.7 Å². The van der Waals surface area contributed by atoms with E-state index in [-0.39, 0.29) is 12.1 Å². The molecule has 0 aromatic rings. The van der Waals surface area contributed by atoms with Gasteiger partial charge in [-0.25, -0.2) is 4.79 Å². The highest BCUT2D eigenvalue weighted by molar-refractivity contribution is 5.77. The van der Waals surface area contributed by atoms with Gasteiger partial charge in [0, 0.05) is 13.0 Å². The van der Waals surface area contributed by atoms with Gasteiger partial charge in [-0.2, -0.15) is 0 Å². The average molecular weight is 213 g/mol. The number of hydrogen-bond donors (Lipinski definition) is 1. The van der Waals surface area contributed by atoms with Crippen molar-refractivity contribution in [2.24, 2.45) is 0 Å². The van der Waals surface area contributed by atoms with Gasteiger partial charge in [-0.1, -0.05) is 0 Å². The number of nitrogens with zero attached hydrogens (tertiary/aromatic N) is 1. The second-order valence-corrected chi connectivity index (χ2v) is 4.32. The number of ether oxygens (including phenoxy) is 1. The van der Waals surface area contributed by atoms with Gasteiger partial charge in [0.15, 0.2) is 0 Å². The fourth-order valence-corrected chi connectivity index (χ4v) is 2.41. The smallest absolute Gasteiger partial charge is 0.410 e. The third kappa shape index (κ3) is 2.06. The lowest BCUT2D eigenvalue weighted by atomic mass is 9.96. The van der Waals surface area contributed by atoms with Gasteiger partial charge in [0.2, 0.25) is 0 Å². The lowest BCUT2D eigenvalue weighted by molar-refractivity contribution is -0.139. The van der Waals surface area contributed by atoms with Crippen molar-refractivity contribution in [3.05, 3.63) is 0 Å². The standard InChI is InChI=1S/C10H15NO4/c12-8(13)7-11-6-5-10(15-9(11)14)3-1-2-4-10/h1-7H2,(H,12,13). The monoisotopic (exact) mass is 213 g/mol. The van der Waals surface area contributed by atoms with Crippen LogP contribution in [-0.2, 0) is 9.53 Å². The highest BCUT2D eigenvalue weighted by Gasteiger charge is 2.42. The van der Waals surface area contributed by atoms with E-state index in [0.29, 0.717) is 6.54 Å². The predicted molar refractivity (Wildman–Crippen MR) is 51.5 cm³/mol. The Hall–Kier alpha value is -1.26. The maximum Gasteiger partial charge on any atom is 0.410 e. The maximum atomic E-state index is 11.5. The molecule has 0 aromatic carbocycles. The Labute approximate surface area is 88.0 Å². The number of carbonyl (C=O) groups excluding carboxylic acids is 1. The number of hydrogen-bond acceptors (Lipinski definition) is 3. The van der Waals surface area contributed by atoms with Crippen molar-refractivity contribution in [2.45, 2.75) is 37.7 Å². The zero-order valence-corrected chi connectivity index (χ0v) is 8.57. The van der Waals surface area contributed by atoms with Crippen molar-refractivity contribution in [1.29, 1.82) is 0 Å². The van der Waals surface area contributed by atoms with Gasteiger partial charge in [0.1, 0.15) is 12.1 Å². The zero-order valence-electron chi connectivity index (χ0n) is 8.57. The van der Waals surface area contributed by atoms with Crippen LogP contribution in [0.25, 0.3) is 0 Å². The van der Waals surface area contributed by atoms with Crippen LogP contribution in [0, 0.1) is 0 Å². The van der Waals surface area contributed by atoms with Crippen LogP contribution < -0.4 is 0 Å². The molecule has 1 spiro atoms. The second kappa shape index (κ2) is 3.72. The SMILES string of the molecule is O=C(O)CN1CCC2(CCCC2)OC1=O. The van der Waals surface area contributed by atoms with Crippen molar-refractivity contribution in [2.75, 3.05) is 13.1 Å². The largest absolute Gasteiger partial charge is 0.480 e. The molecule has 1 N–H and O–H groups in total. The molecule has 1 amide bonds. The quantitative estimate of drug-likeness (QED) is 0.749. The van der Waals surface area contributed by atoms with Crippen LogP contribution >= 0.6 is 0 Å². The van der Waals surface area contributed by atoms with Crippen LogP contribution in [0.2, 0.25) is 0 Å². The summed E-state index contributed by atoms with van der Waals surface area (Å²) in [5.41, 5.74) is -0.272. The van der Waals surface area contributed by atoms with Crippen LogP contribution in [0.1, 0.15) is 32.1 Å². The predicted octanol–water partition coefficient (Wildman–Crippen LogP) is 1.23. The van der Waals surface area contributed by atoms with E-state index in [1.54, 1.807) is 0 Å². The minimum absolute atomic E-state index is 0.255. The molecule has 2 rings (SSSR count). The molecule has 15 heavy (non-hydrogen) atoms. The van der Waals surface area contributed by atoms with Crippen molar-refractivity contribution >= 4 is 12.1 Å². The van der Waals surface area contributed by atoms with Gasteiger partial charge in [0.05, 0.1) is 0 Å². The molecule has 5 heteroatoms. The van der Waals surface area contributed by atoms with Crippen LogP contribution in [0.4, 0.5) is 4.79 Å². The van der Waals surface area contributed by atoms with Crippen molar-refractivity contribution in [3.8, 4) is 0 Å². The van der Waals surface area contributed by atoms with E-state index < -0.39 is 12.1 Å². The van der Waals surface area contributed by atoms with E-state index in [4.69, 9.17) is 9.84 Å². The molecule has 2 fully saturated rings. The highest BCUT2D eigenvalue weighted by atomic mass is 16.6. The van der Waals surface area contributed by atoms with Crippen molar-refractivity contribution < 1.29 is 19.4 Å². The molecular weight excluding hydrogens is 198 g/mol. The Balaban J connectivity index is 1.96. The summed E-state index contributed by atoms with van der Waals surface area (Å²) in [6.07, 6.45) is 4.37. The topological polar surface area (TPSA) is 66.8 Å². The van der Waals surface area contributed by atoms with E-state index in [2.05, 4.69) is 0 Å². The summed E-state index contributed by atoms with van der Waals surface area (Å²) >= 11 is 0. The molecule has 0 aromatic heterocycles. The normalized spacial score (nSPS) is 24.3. The number of amides is 1. The molecule has 5 nitrogen and oxygen atoms in total. The first kappa shape index (κ1) is 10.3. The van der Waals surface area contributed by atoms with Crippen molar-refractivity contribution in [1.82, 2.24) is 4.90 Å². The number of carboxylic acids is 1. The molecule has 2 aliphatic rings. The van der Waals surface area contributed by atoms with Gasteiger partial charge in [-0.3, -0.25) is 9.69 Å². The van der Waals surface area contributed by atoms with E-state index in [1.807, 2.05) is 0 Å². The lowest BCUT2D eigenvalue weighted by Gasteiger charge is -2.38. The first-order chi connectivity index (χ1) is 7.11. The lowest BCUT2D eigenvalue weighted by Crippen LogP contribution is -2.49. The summed E-state index contributed by atoms with van der Waals surface area (Å²) in [6, 6.07) is 0. The van der Waals surface area contributed by atoms with Gasteiger partial charge in [0.25, 0.3) is 0 Å². The van der Waals surface area contributed by atoms with Crippen LogP contribution in [0.15, 0.2) is 0 Å². The van der Waals surface area contributed by atoms with Crippen LogP contribution in [0.3, 0.4) is 0 Å². The van der Waals surface area contributed by atoms with E-state index >= 15 is 0 Å². The molecule has 0 radical (unpaired) electrons. The van der Waals surface area contributed by atoms with Gasteiger partial charge >= 0.3 is 12.1 Å². The number of carboxylic acid groups (broad SMARTS) is 1. The van der Waals surface area contributed by atoms with E-state index in [9.17, 15) is 9.59 Å². The third-order valence-corrected chi connectivity index (χ3v) is 3.24. The maximum absolute atomic E-state index is 11.5. The molecule has 0 unspecified atom stereocenters. The molecule has 1 heterocycles. The first-order valence-corrected chi connectivity index (χ1v) is 5.31. The molecule has 1 saturated carbocycles. The van der Waals surface area contributed by atoms with Gasteiger partial charge < -0.3 is 9.84 Å². The molecule has 84 valence electrons. The Morgan fingerprint density at radius 3 is 2.60 bits per heavy atom. The highest BCUT2D eigenvalue weighted by Crippen LogP contribution is 2.38. The summed E-state index contributed by atoms with van der Waals surface area (Å²) in [5, 5.41) is 8.59. The molecule has 1 aliphatic carbocycles. The van der Waals surface area contributed by atoms with Crippen LogP contribution in [0.5, 0.6) is 0 Å². The summed E-state index contributed by atoms with van der Waals surface area (Å²) in [6.45, 7) is 0.250. The minimum Gasteiger partial charge on any atom is -0.480 e. The van der Waals surface area contributed by atoms with E-state index in [0.717, 1.165) is 32.1 Å². The summed E-state index contributed by atoms with van der Waals surface area (Å²) in [7, 11) is 0. The first-order valence-electron chi connectivity index (χ1n) is 5.31. The fourth-order valence-electron chi connectivity index (χ4n) is 2.41. The summed E-state index contributed by atoms with van der Waals surface area (Å²) in [5.74, 6) is -0.991. The molecular formula is C10H15NO4. The molecule has 0 bridgehead atoms. The van der Waals surface area contributed by atoms with Crippen LogP contribution in [-0.4, -0.2) is 40.8 Å². The number of aliphatic carboxylic acids is 1. The fraction of sp³-hybridized carbons (Fsp3) is 0.800. The van der Waals surface area contributed by atoms with Crippen molar-refractivity contribution in [3.63, 3.8) is 0 Å². The molecule has 1 aliphatic heterocycles. The Morgan fingerprint density at radius 2 is 2.07 bits per heavy atom. The Bertz CT molecular complexity index is 283.